The summed E-state index contributed by atoms with van der Waals surface area (Å²) in [5.41, 5.74) is 1.71. The van der Waals surface area contributed by atoms with Crippen LogP contribution in [0, 0.1) is 6.92 Å². The number of carbonyl (C=O) groups is 1. The third kappa shape index (κ3) is 3.56. The quantitative estimate of drug-likeness (QED) is 0.804. The Morgan fingerprint density at radius 2 is 1.93 bits per heavy atom. The van der Waals surface area contributed by atoms with Gasteiger partial charge in [-0.05, 0) is 32.8 Å². The second kappa shape index (κ2) is 7.09. The highest BCUT2D eigenvalue weighted by atomic mass is 16.2. The van der Waals surface area contributed by atoms with E-state index in [1.807, 2.05) is 11.8 Å². The molecule has 2 aliphatic rings. The number of nitrogens with zero attached hydrogens (tertiary/aromatic N) is 6. The van der Waals surface area contributed by atoms with Gasteiger partial charge in [-0.1, -0.05) is 0 Å². The van der Waals surface area contributed by atoms with E-state index in [0.717, 1.165) is 29.9 Å². The van der Waals surface area contributed by atoms with Crippen LogP contribution in [0.15, 0.2) is 29.5 Å². The van der Waals surface area contributed by atoms with Gasteiger partial charge in [0.1, 0.15) is 18.2 Å². The molecule has 0 aromatic carbocycles. The van der Waals surface area contributed by atoms with E-state index in [1.165, 1.54) is 10.7 Å². The number of carbonyl (C=O) groups excluding carboxylic acids is 1. The Labute approximate surface area is 157 Å². The molecule has 0 radical (unpaired) electrons. The Balaban J connectivity index is 1.44. The summed E-state index contributed by atoms with van der Waals surface area (Å²) >= 11 is 0. The second-order valence-corrected chi connectivity index (χ2v) is 7.33. The van der Waals surface area contributed by atoms with Crippen LogP contribution in [0.5, 0.6) is 0 Å². The summed E-state index contributed by atoms with van der Waals surface area (Å²) in [7, 11) is 0. The lowest BCUT2D eigenvalue weighted by atomic mass is 10.2. The summed E-state index contributed by atoms with van der Waals surface area (Å²) in [6, 6.07) is 2.72. The van der Waals surface area contributed by atoms with Crippen molar-refractivity contribution in [3.05, 3.63) is 46.3 Å². The molecular weight excluding hydrogens is 344 g/mol. The van der Waals surface area contributed by atoms with Gasteiger partial charge in [-0.25, -0.2) is 14.6 Å². The lowest BCUT2D eigenvalue weighted by Crippen LogP contribution is -2.51. The minimum atomic E-state index is -0.594. The number of amides is 1. The van der Waals surface area contributed by atoms with Crippen LogP contribution in [-0.2, 0) is 4.79 Å². The van der Waals surface area contributed by atoms with Crippen molar-refractivity contribution in [2.24, 2.45) is 0 Å². The van der Waals surface area contributed by atoms with Crippen LogP contribution in [0.3, 0.4) is 0 Å². The zero-order chi connectivity index (χ0) is 19.0. The van der Waals surface area contributed by atoms with Gasteiger partial charge in [0.05, 0.1) is 5.69 Å². The largest absolute Gasteiger partial charge is 0.353 e. The van der Waals surface area contributed by atoms with E-state index in [1.54, 1.807) is 25.5 Å². The third-order valence-electron chi connectivity index (χ3n) is 5.32. The van der Waals surface area contributed by atoms with E-state index in [9.17, 15) is 9.59 Å². The van der Waals surface area contributed by atoms with Gasteiger partial charge in [-0.2, -0.15) is 5.10 Å². The first-order valence-corrected chi connectivity index (χ1v) is 9.44. The van der Waals surface area contributed by atoms with Crippen LogP contribution in [0.2, 0.25) is 0 Å². The van der Waals surface area contributed by atoms with E-state index in [2.05, 4.69) is 20.0 Å². The topological polar surface area (TPSA) is 84.2 Å². The van der Waals surface area contributed by atoms with E-state index < -0.39 is 6.04 Å². The maximum Gasteiger partial charge on any atom is 0.267 e. The molecule has 2 aromatic rings. The van der Waals surface area contributed by atoms with Crippen molar-refractivity contribution in [2.75, 3.05) is 31.1 Å². The molecule has 0 spiro atoms. The fourth-order valence-corrected chi connectivity index (χ4v) is 3.55. The molecule has 4 rings (SSSR count). The van der Waals surface area contributed by atoms with E-state index in [0.29, 0.717) is 32.1 Å². The predicted octanol–water partition coefficient (Wildman–Crippen LogP) is 1.13. The zero-order valence-electron chi connectivity index (χ0n) is 15.7. The maximum atomic E-state index is 12.9. The van der Waals surface area contributed by atoms with Crippen molar-refractivity contribution in [1.82, 2.24) is 24.6 Å². The highest BCUT2D eigenvalue weighted by molar-refractivity contribution is 5.80. The lowest BCUT2D eigenvalue weighted by molar-refractivity contribution is -0.135. The van der Waals surface area contributed by atoms with E-state index in [-0.39, 0.29) is 11.5 Å². The van der Waals surface area contributed by atoms with Crippen molar-refractivity contribution in [3.63, 3.8) is 0 Å². The molecule has 0 bridgehead atoms. The van der Waals surface area contributed by atoms with Gasteiger partial charge in [0.2, 0.25) is 5.91 Å². The summed E-state index contributed by atoms with van der Waals surface area (Å²) in [4.78, 5) is 37.5. The molecule has 1 aliphatic heterocycles. The van der Waals surface area contributed by atoms with Crippen molar-refractivity contribution < 1.29 is 4.79 Å². The summed E-state index contributed by atoms with van der Waals surface area (Å²) < 4.78 is 1.34. The SMILES string of the molecule is Cc1cncnc1N1CCN(C(=O)C(C)n2nc(C3CC3)ccc2=O)CC1. The van der Waals surface area contributed by atoms with Crippen LogP contribution in [0.1, 0.15) is 43.0 Å². The second-order valence-electron chi connectivity index (χ2n) is 7.33. The van der Waals surface area contributed by atoms with E-state index in [4.69, 9.17) is 0 Å². The number of anilines is 1. The molecule has 1 amide bonds. The van der Waals surface area contributed by atoms with Crippen LogP contribution in [0.4, 0.5) is 5.82 Å². The fraction of sp³-hybridized carbons (Fsp3) is 0.526. The number of aromatic nitrogens is 4. The first kappa shape index (κ1) is 17.6. The first-order valence-electron chi connectivity index (χ1n) is 9.44. The van der Waals surface area contributed by atoms with E-state index >= 15 is 0 Å². The molecule has 27 heavy (non-hydrogen) atoms. The van der Waals surface area contributed by atoms with Gasteiger partial charge >= 0.3 is 0 Å². The Morgan fingerprint density at radius 1 is 1.19 bits per heavy atom. The molecule has 0 N–H and O–H groups in total. The van der Waals surface area contributed by atoms with Gasteiger partial charge in [-0.15, -0.1) is 0 Å². The van der Waals surface area contributed by atoms with Crippen molar-refractivity contribution >= 4 is 11.7 Å². The average molecular weight is 368 g/mol. The standard InChI is InChI=1S/C19H24N6O2/c1-13-11-20-12-21-18(13)23-7-9-24(10-8-23)19(27)14(2)25-17(26)6-5-16(22-25)15-3-4-15/h5-6,11-12,14-15H,3-4,7-10H2,1-2H3. The molecule has 1 saturated carbocycles. The minimum Gasteiger partial charge on any atom is -0.353 e. The molecule has 1 saturated heterocycles. The Hall–Kier alpha value is -2.77. The Kier molecular flexibility index (Phi) is 4.63. The molecule has 2 aromatic heterocycles. The molecule has 8 nitrogen and oxygen atoms in total. The molecule has 142 valence electrons. The predicted molar refractivity (Wildman–Crippen MR) is 101 cm³/mol. The van der Waals surface area contributed by atoms with Crippen molar-refractivity contribution in [1.29, 1.82) is 0 Å². The van der Waals surface area contributed by atoms with Crippen LogP contribution >= 0.6 is 0 Å². The third-order valence-corrected chi connectivity index (χ3v) is 5.32. The zero-order valence-corrected chi connectivity index (χ0v) is 15.7. The molecule has 1 aliphatic carbocycles. The molecule has 2 fully saturated rings. The number of aryl methyl sites for hydroxylation is 1. The van der Waals surface area contributed by atoms with Gasteiger partial charge in [0.15, 0.2) is 0 Å². The summed E-state index contributed by atoms with van der Waals surface area (Å²) in [5.74, 6) is 1.30. The number of hydrogen-bond acceptors (Lipinski definition) is 6. The Bertz CT molecular complexity index is 899. The maximum absolute atomic E-state index is 12.9. The summed E-state index contributed by atoms with van der Waals surface area (Å²) in [6.45, 7) is 6.36. The minimum absolute atomic E-state index is 0.0587. The van der Waals surface area contributed by atoms with Gasteiger partial charge in [0.25, 0.3) is 5.56 Å². The van der Waals surface area contributed by atoms with Gasteiger partial charge in [-0.3, -0.25) is 9.59 Å². The first-order chi connectivity index (χ1) is 13.0. The van der Waals surface area contributed by atoms with Gasteiger partial charge < -0.3 is 9.80 Å². The smallest absolute Gasteiger partial charge is 0.267 e. The average Bonchev–Trinajstić information content (AvgIpc) is 3.53. The van der Waals surface area contributed by atoms with Crippen molar-refractivity contribution in [2.45, 2.75) is 38.6 Å². The lowest BCUT2D eigenvalue weighted by Gasteiger charge is -2.37. The summed E-state index contributed by atoms with van der Waals surface area (Å²) in [5, 5.41) is 4.45. The van der Waals surface area contributed by atoms with Gasteiger partial charge in [0, 0.05) is 49.9 Å². The van der Waals surface area contributed by atoms with Crippen LogP contribution in [-0.4, -0.2) is 56.7 Å². The molecule has 8 heteroatoms. The fourth-order valence-electron chi connectivity index (χ4n) is 3.55. The number of piperazine rings is 1. The van der Waals surface area contributed by atoms with Crippen molar-refractivity contribution in [3.8, 4) is 0 Å². The summed E-state index contributed by atoms with van der Waals surface area (Å²) in [6.07, 6.45) is 5.57. The monoisotopic (exact) mass is 368 g/mol. The highest BCUT2D eigenvalue weighted by Crippen LogP contribution is 2.38. The van der Waals surface area contributed by atoms with Crippen LogP contribution < -0.4 is 10.5 Å². The molecular formula is C19H24N6O2. The van der Waals surface area contributed by atoms with Crippen LogP contribution in [0.25, 0.3) is 0 Å². The Morgan fingerprint density at radius 3 is 2.59 bits per heavy atom. The molecule has 3 heterocycles. The number of hydrogen-bond donors (Lipinski definition) is 0. The molecule has 1 atom stereocenters. The number of rotatable bonds is 4. The normalized spacial score (nSPS) is 18.4. The highest BCUT2D eigenvalue weighted by Gasteiger charge is 2.30. The molecule has 1 unspecified atom stereocenters.